The van der Waals surface area contributed by atoms with E-state index in [1.54, 1.807) is 7.11 Å². The largest absolute Gasteiger partial charge is 0.453 e. The van der Waals surface area contributed by atoms with E-state index in [1.165, 1.54) is 0 Å². The van der Waals surface area contributed by atoms with Gasteiger partial charge in [-0.3, -0.25) is 0 Å². The summed E-state index contributed by atoms with van der Waals surface area (Å²) in [7, 11) is 1.62. The second-order valence-corrected chi connectivity index (χ2v) is 5.32. The van der Waals surface area contributed by atoms with Gasteiger partial charge in [0.2, 0.25) is 0 Å². The minimum Gasteiger partial charge on any atom is -0.453 e. The first-order valence-corrected chi connectivity index (χ1v) is 6.28. The lowest BCUT2D eigenvalue weighted by Gasteiger charge is -2.26. The molecule has 0 aromatic carbocycles. The van der Waals surface area contributed by atoms with Crippen molar-refractivity contribution in [1.82, 2.24) is 0 Å². The van der Waals surface area contributed by atoms with E-state index >= 15 is 0 Å². The van der Waals surface area contributed by atoms with Gasteiger partial charge in [-0.05, 0) is 13.8 Å². The molecule has 0 amide bonds. The van der Waals surface area contributed by atoms with Gasteiger partial charge in [-0.25, -0.2) is 0 Å². The Balaban J connectivity index is 1.74. The van der Waals surface area contributed by atoms with E-state index in [4.69, 9.17) is 40.6 Å². The Kier molecular flexibility index (Phi) is 2.98. The second kappa shape index (κ2) is 4.28. The Labute approximate surface area is 110 Å². The highest BCUT2D eigenvalue weighted by molar-refractivity contribution is 7.79. The van der Waals surface area contributed by atoms with Crippen LogP contribution in [-0.2, 0) is 28.4 Å². The standard InChI is InChI=1S/C11H16O6S/c1-11(2)16-8-7(12-3)6(15-9(8)17-11)5-4-13-10(18)14-5/h5-9H,4H2,1-3H3/t5?,6-,7+,8?,9?/m0/s1. The zero-order chi connectivity index (χ0) is 12.9. The molecule has 102 valence electrons. The Bertz CT molecular complexity index is 359. The summed E-state index contributed by atoms with van der Waals surface area (Å²) < 4.78 is 33.3. The fourth-order valence-corrected chi connectivity index (χ4v) is 2.77. The third kappa shape index (κ3) is 2.00. The molecule has 3 fully saturated rings. The number of thiocarbonyl (C=S) groups is 1. The van der Waals surface area contributed by atoms with Crippen molar-refractivity contribution in [2.24, 2.45) is 0 Å². The van der Waals surface area contributed by atoms with Gasteiger partial charge in [-0.1, -0.05) is 0 Å². The Morgan fingerprint density at radius 1 is 1.28 bits per heavy atom. The zero-order valence-corrected chi connectivity index (χ0v) is 11.3. The van der Waals surface area contributed by atoms with Gasteiger partial charge in [-0.2, -0.15) is 0 Å². The van der Waals surface area contributed by atoms with Gasteiger partial charge in [0, 0.05) is 19.3 Å². The summed E-state index contributed by atoms with van der Waals surface area (Å²) in [4.78, 5) is 0. The quantitative estimate of drug-likeness (QED) is 0.684. The summed E-state index contributed by atoms with van der Waals surface area (Å²) in [5.74, 6) is -0.653. The number of ether oxygens (including phenoxy) is 6. The molecule has 3 heterocycles. The van der Waals surface area contributed by atoms with Crippen molar-refractivity contribution in [1.29, 1.82) is 0 Å². The molecule has 0 spiro atoms. The normalized spacial score (nSPS) is 45.7. The van der Waals surface area contributed by atoms with E-state index in [1.807, 2.05) is 13.8 Å². The number of rotatable bonds is 2. The van der Waals surface area contributed by atoms with Crippen molar-refractivity contribution in [3.63, 3.8) is 0 Å². The third-order valence-corrected chi connectivity index (χ3v) is 3.49. The van der Waals surface area contributed by atoms with Gasteiger partial charge >= 0.3 is 5.24 Å². The second-order valence-electron chi connectivity index (χ2n) is 4.99. The van der Waals surface area contributed by atoms with Crippen LogP contribution in [0.1, 0.15) is 13.8 Å². The molecule has 3 saturated heterocycles. The molecule has 0 N–H and O–H groups in total. The van der Waals surface area contributed by atoms with Crippen LogP contribution in [0.5, 0.6) is 0 Å². The summed E-state index contributed by atoms with van der Waals surface area (Å²) in [6.07, 6.45) is -1.53. The predicted octanol–water partition coefficient (Wildman–Crippen LogP) is 0.578. The van der Waals surface area contributed by atoms with Gasteiger partial charge in [0.1, 0.15) is 24.9 Å². The molecule has 3 aliphatic heterocycles. The summed E-state index contributed by atoms with van der Waals surface area (Å²) >= 11 is 4.84. The molecule has 0 saturated carbocycles. The number of hydrogen-bond acceptors (Lipinski definition) is 7. The maximum Gasteiger partial charge on any atom is 0.352 e. The minimum atomic E-state index is -0.653. The van der Waals surface area contributed by atoms with Gasteiger partial charge in [0.05, 0.1) is 0 Å². The van der Waals surface area contributed by atoms with E-state index in [0.29, 0.717) is 6.61 Å². The maximum atomic E-state index is 5.82. The van der Waals surface area contributed by atoms with E-state index in [9.17, 15) is 0 Å². The van der Waals surface area contributed by atoms with E-state index in [2.05, 4.69) is 0 Å². The Morgan fingerprint density at radius 3 is 2.67 bits per heavy atom. The highest BCUT2D eigenvalue weighted by Crippen LogP contribution is 2.40. The molecule has 0 aliphatic carbocycles. The molecular formula is C11H16O6S. The maximum absolute atomic E-state index is 5.82. The molecule has 18 heavy (non-hydrogen) atoms. The average molecular weight is 276 g/mol. The van der Waals surface area contributed by atoms with E-state index < -0.39 is 12.1 Å². The lowest BCUT2D eigenvalue weighted by atomic mass is 10.1. The molecule has 3 rings (SSSR count). The number of hydrogen-bond donors (Lipinski definition) is 0. The number of methoxy groups -OCH3 is 1. The van der Waals surface area contributed by atoms with Crippen LogP contribution in [0, 0.1) is 0 Å². The van der Waals surface area contributed by atoms with Crippen LogP contribution in [0.25, 0.3) is 0 Å². The summed E-state index contributed by atoms with van der Waals surface area (Å²) in [6, 6.07) is 0. The van der Waals surface area contributed by atoms with Gasteiger partial charge in [0.15, 0.2) is 18.2 Å². The van der Waals surface area contributed by atoms with Crippen LogP contribution >= 0.6 is 12.2 Å². The summed E-state index contributed by atoms with van der Waals surface area (Å²) in [6.45, 7) is 4.06. The molecule has 3 aliphatic rings. The molecular weight excluding hydrogens is 260 g/mol. The first kappa shape index (κ1) is 12.6. The van der Waals surface area contributed by atoms with Crippen LogP contribution < -0.4 is 0 Å². The average Bonchev–Trinajstić information content (AvgIpc) is 2.89. The third-order valence-electron chi connectivity index (χ3n) is 3.28. The van der Waals surface area contributed by atoms with Gasteiger partial charge < -0.3 is 28.4 Å². The summed E-state index contributed by atoms with van der Waals surface area (Å²) in [5, 5.41) is 0.151. The molecule has 0 aromatic rings. The first-order valence-electron chi connectivity index (χ1n) is 5.87. The van der Waals surface area contributed by atoms with Crippen LogP contribution in [0.15, 0.2) is 0 Å². The van der Waals surface area contributed by atoms with Crippen molar-refractivity contribution in [2.75, 3.05) is 13.7 Å². The zero-order valence-electron chi connectivity index (χ0n) is 10.5. The lowest BCUT2D eigenvalue weighted by Crippen LogP contribution is -2.43. The SMILES string of the molecule is CO[C@H]1C2OC(C)(C)OC2O[C@H]1C1COC(=S)O1. The molecule has 6 nitrogen and oxygen atoms in total. The van der Waals surface area contributed by atoms with Crippen LogP contribution in [0.2, 0.25) is 0 Å². The summed E-state index contributed by atoms with van der Waals surface area (Å²) in [5.41, 5.74) is 0. The van der Waals surface area contributed by atoms with Gasteiger partial charge in [-0.15, -0.1) is 0 Å². The molecule has 3 unspecified atom stereocenters. The predicted molar refractivity (Wildman–Crippen MR) is 62.9 cm³/mol. The van der Waals surface area contributed by atoms with Crippen molar-refractivity contribution in [3.8, 4) is 0 Å². The van der Waals surface area contributed by atoms with Crippen LogP contribution in [0.3, 0.4) is 0 Å². The van der Waals surface area contributed by atoms with E-state index in [-0.39, 0.29) is 29.7 Å². The molecule has 0 radical (unpaired) electrons. The van der Waals surface area contributed by atoms with Crippen molar-refractivity contribution >= 4 is 17.5 Å². The monoisotopic (exact) mass is 276 g/mol. The van der Waals surface area contributed by atoms with Crippen molar-refractivity contribution in [3.05, 3.63) is 0 Å². The van der Waals surface area contributed by atoms with Crippen molar-refractivity contribution in [2.45, 2.75) is 50.3 Å². The fourth-order valence-electron chi connectivity index (χ4n) is 2.58. The fraction of sp³-hybridized carbons (Fsp3) is 0.909. The number of fused-ring (bicyclic) bond motifs is 1. The van der Waals surface area contributed by atoms with Crippen LogP contribution in [0.4, 0.5) is 0 Å². The minimum absolute atomic E-state index is 0.151. The highest BCUT2D eigenvalue weighted by Gasteiger charge is 2.58. The molecule has 7 heteroatoms. The Hall–Kier alpha value is -0.470. The van der Waals surface area contributed by atoms with E-state index in [0.717, 1.165) is 0 Å². The molecule has 5 atom stereocenters. The molecule has 0 aromatic heterocycles. The van der Waals surface area contributed by atoms with Crippen LogP contribution in [-0.4, -0.2) is 55.4 Å². The topological polar surface area (TPSA) is 55.4 Å². The molecule has 0 bridgehead atoms. The van der Waals surface area contributed by atoms with Gasteiger partial charge in [0.25, 0.3) is 0 Å². The highest BCUT2D eigenvalue weighted by atomic mass is 32.1. The first-order chi connectivity index (χ1) is 8.50. The Morgan fingerprint density at radius 2 is 2.06 bits per heavy atom. The van der Waals surface area contributed by atoms with Crippen molar-refractivity contribution < 1.29 is 28.4 Å². The smallest absolute Gasteiger partial charge is 0.352 e. The lowest BCUT2D eigenvalue weighted by molar-refractivity contribution is -0.225.